The van der Waals surface area contributed by atoms with E-state index in [0.717, 1.165) is 5.71 Å². The molecule has 7 heteroatoms. The summed E-state index contributed by atoms with van der Waals surface area (Å²) in [6.07, 6.45) is 0.764. The molecule has 0 saturated heterocycles. The number of nitro groups is 1. The van der Waals surface area contributed by atoms with Gasteiger partial charge >= 0.3 is 5.97 Å². The molecule has 0 atom stereocenters. The van der Waals surface area contributed by atoms with Crippen LogP contribution in [-0.4, -0.2) is 23.7 Å². The van der Waals surface area contributed by atoms with Crippen molar-refractivity contribution in [1.29, 1.82) is 0 Å². The molecule has 0 radical (unpaired) electrons. The molecule has 0 bridgehead atoms. The number of hydrazone groups is 1. The first kappa shape index (κ1) is 14.6. The van der Waals surface area contributed by atoms with Crippen LogP contribution in [0.5, 0.6) is 0 Å². The van der Waals surface area contributed by atoms with Gasteiger partial charge in [-0.1, -0.05) is 0 Å². The van der Waals surface area contributed by atoms with Crippen LogP contribution >= 0.6 is 0 Å². The third kappa shape index (κ3) is 5.15. The Balaban J connectivity index is 2.50. The van der Waals surface area contributed by atoms with Gasteiger partial charge in [-0.25, -0.2) is 0 Å². The van der Waals surface area contributed by atoms with Crippen molar-refractivity contribution in [3.63, 3.8) is 0 Å². The summed E-state index contributed by atoms with van der Waals surface area (Å²) >= 11 is 0. The molecule has 1 aromatic carbocycles. The van der Waals surface area contributed by atoms with Crippen molar-refractivity contribution in [2.75, 3.05) is 12.5 Å². The Bertz CT molecular complexity index is 482. The Labute approximate surface area is 110 Å². The van der Waals surface area contributed by atoms with E-state index in [1.165, 1.54) is 19.2 Å². The second kappa shape index (κ2) is 7.10. The van der Waals surface area contributed by atoms with E-state index in [4.69, 9.17) is 0 Å². The number of rotatable bonds is 6. The van der Waals surface area contributed by atoms with Gasteiger partial charge in [-0.05, 0) is 25.5 Å². The van der Waals surface area contributed by atoms with Crippen molar-refractivity contribution in [3.05, 3.63) is 34.4 Å². The van der Waals surface area contributed by atoms with Crippen LogP contribution in [0.25, 0.3) is 0 Å². The molecule has 0 fully saturated rings. The number of hydrogen-bond acceptors (Lipinski definition) is 6. The normalized spacial score (nSPS) is 10.9. The van der Waals surface area contributed by atoms with E-state index in [2.05, 4.69) is 15.3 Å². The van der Waals surface area contributed by atoms with Crippen LogP contribution < -0.4 is 5.43 Å². The number of methoxy groups -OCH3 is 1. The number of carbonyl (C=O) groups excluding carboxylic acids is 1. The van der Waals surface area contributed by atoms with Crippen molar-refractivity contribution in [2.45, 2.75) is 19.8 Å². The Morgan fingerprint density at radius 3 is 2.53 bits per heavy atom. The summed E-state index contributed by atoms with van der Waals surface area (Å²) in [5.41, 5.74) is 4.17. The molecule has 1 aromatic rings. The maximum atomic E-state index is 10.9. The van der Waals surface area contributed by atoms with Crippen molar-refractivity contribution < 1.29 is 14.5 Å². The number of hydrogen-bond donors (Lipinski definition) is 1. The minimum absolute atomic E-state index is 0.0249. The lowest BCUT2D eigenvalue weighted by molar-refractivity contribution is -0.384. The summed E-state index contributed by atoms with van der Waals surface area (Å²) in [6.45, 7) is 1.78. The molecule has 1 N–H and O–H groups in total. The van der Waals surface area contributed by atoms with Crippen molar-refractivity contribution >= 4 is 23.1 Å². The topological polar surface area (TPSA) is 93.8 Å². The Morgan fingerprint density at radius 1 is 1.37 bits per heavy atom. The van der Waals surface area contributed by atoms with Crippen LogP contribution in [0.3, 0.4) is 0 Å². The van der Waals surface area contributed by atoms with Gasteiger partial charge in [-0.2, -0.15) is 5.10 Å². The number of anilines is 1. The number of esters is 1. The van der Waals surface area contributed by atoms with Gasteiger partial charge in [0.15, 0.2) is 0 Å². The highest BCUT2D eigenvalue weighted by molar-refractivity contribution is 5.86. The molecule has 0 aliphatic carbocycles. The summed E-state index contributed by atoms with van der Waals surface area (Å²) in [7, 11) is 1.34. The molecule has 0 heterocycles. The largest absolute Gasteiger partial charge is 0.469 e. The first-order valence-corrected chi connectivity index (χ1v) is 5.63. The average molecular weight is 265 g/mol. The predicted octanol–water partition coefficient (Wildman–Crippen LogP) is 2.34. The maximum absolute atomic E-state index is 10.9. The molecule has 0 aliphatic heterocycles. The number of non-ortho nitro benzene ring substituents is 1. The molecule has 0 saturated carbocycles. The van der Waals surface area contributed by atoms with Crippen molar-refractivity contribution in [1.82, 2.24) is 0 Å². The van der Waals surface area contributed by atoms with E-state index in [9.17, 15) is 14.9 Å². The number of carbonyl (C=O) groups is 1. The average Bonchev–Trinajstić information content (AvgIpc) is 2.42. The minimum atomic E-state index is -0.464. The van der Waals surface area contributed by atoms with Crippen LogP contribution in [-0.2, 0) is 9.53 Å². The fourth-order valence-electron chi connectivity index (χ4n) is 1.26. The molecule has 19 heavy (non-hydrogen) atoms. The van der Waals surface area contributed by atoms with Gasteiger partial charge in [-0.3, -0.25) is 20.3 Å². The van der Waals surface area contributed by atoms with E-state index < -0.39 is 4.92 Å². The van der Waals surface area contributed by atoms with Gasteiger partial charge < -0.3 is 4.74 Å². The predicted molar refractivity (Wildman–Crippen MR) is 71.1 cm³/mol. The lowest BCUT2D eigenvalue weighted by atomic mass is 10.2. The number of benzene rings is 1. The summed E-state index contributed by atoms with van der Waals surface area (Å²) in [5.74, 6) is -0.287. The molecule has 1 rings (SSSR count). The van der Waals surface area contributed by atoms with Gasteiger partial charge in [0.2, 0.25) is 0 Å². The van der Waals surface area contributed by atoms with E-state index >= 15 is 0 Å². The Morgan fingerprint density at radius 2 is 2.00 bits per heavy atom. The number of ether oxygens (including phenoxy) is 1. The second-order valence-electron chi connectivity index (χ2n) is 3.84. The minimum Gasteiger partial charge on any atom is -0.469 e. The second-order valence-corrected chi connectivity index (χ2v) is 3.84. The summed E-state index contributed by atoms with van der Waals surface area (Å²) < 4.78 is 4.52. The van der Waals surface area contributed by atoms with E-state index in [1.54, 1.807) is 19.1 Å². The van der Waals surface area contributed by atoms with Crippen molar-refractivity contribution in [3.8, 4) is 0 Å². The van der Waals surface area contributed by atoms with E-state index in [0.29, 0.717) is 12.1 Å². The SMILES string of the molecule is COC(=O)CCC(C)=NNc1ccc([N+](=O)[O-])cc1. The van der Waals surface area contributed by atoms with Crippen LogP contribution in [0.2, 0.25) is 0 Å². The summed E-state index contributed by atoms with van der Waals surface area (Å²) in [6, 6.07) is 5.91. The van der Waals surface area contributed by atoms with Crippen LogP contribution in [0.15, 0.2) is 29.4 Å². The van der Waals surface area contributed by atoms with Gasteiger partial charge in [0.25, 0.3) is 5.69 Å². The van der Waals surface area contributed by atoms with Gasteiger partial charge in [-0.15, -0.1) is 0 Å². The molecule has 0 aliphatic rings. The highest BCUT2D eigenvalue weighted by Gasteiger charge is 2.04. The zero-order chi connectivity index (χ0) is 14.3. The number of nitro benzene ring substituents is 1. The van der Waals surface area contributed by atoms with E-state index in [-0.39, 0.29) is 18.1 Å². The third-order valence-electron chi connectivity index (χ3n) is 2.37. The zero-order valence-corrected chi connectivity index (χ0v) is 10.8. The molecule has 0 aromatic heterocycles. The molecule has 0 spiro atoms. The summed E-state index contributed by atoms with van der Waals surface area (Å²) in [4.78, 5) is 20.9. The molecule has 0 amide bonds. The van der Waals surface area contributed by atoms with Crippen LogP contribution in [0.1, 0.15) is 19.8 Å². The lowest BCUT2D eigenvalue weighted by Gasteiger charge is -2.03. The number of nitrogens with one attached hydrogen (secondary N) is 1. The Hall–Kier alpha value is -2.44. The van der Waals surface area contributed by atoms with Gasteiger partial charge in [0.1, 0.15) is 0 Å². The maximum Gasteiger partial charge on any atom is 0.305 e. The lowest BCUT2D eigenvalue weighted by Crippen LogP contribution is -2.04. The number of nitrogens with zero attached hydrogens (tertiary/aromatic N) is 2. The van der Waals surface area contributed by atoms with Gasteiger partial charge in [0, 0.05) is 17.8 Å². The molecular weight excluding hydrogens is 250 g/mol. The zero-order valence-electron chi connectivity index (χ0n) is 10.8. The fourth-order valence-corrected chi connectivity index (χ4v) is 1.26. The highest BCUT2D eigenvalue weighted by Crippen LogP contribution is 2.15. The fraction of sp³-hybridized carbons (Fsp3) is 0.333. The molecular formula is C12H15N3O4. The third-order valence-corrected chi connectivity index (χ3v) is 2.37. The molecule has 102 valence electrons. The standard InChI is InChI=1S/C12H15N3O4/c1-9(3-8-12(16)19-2)13-14-10-4-6-11(7-5-10)15(17)18/h4-7,14H,3,8H2,1-2H3. The smallest absolute Gasteiger partial charge is 0.305 e. The molecule has 0 unspecified atom stereocenters. The van der Waals surface area contributed by atoms with Crippen LogP contribution in [0.4, 0.5) is 11.4 Å². The summed E-state index contributed by atoms with van der Waals surface area (Å²) in [5, 5.41) is 14.5. The highest BCUT2D eigenvalue weighted by atomic mass is 16.6. The van der Waals surface area contributed by atoms with Gasteiger partial charge in [0.05, 0.1) is 24.1 Å². The quantitative estimate of drug-likeness (QED) is 0.368. The molecule has 7 nitrogen and oxygen atoms in total. The first-order chi connectivity index (χ1) is 9.02. The monoisotopic (exact) mass is 265 g/mol. The Kier molecular flexibility index (Phi) is 5.46. The van der Waals surface area contributed by atoms with Crippen molar-refractivity contribution in [2.24, 2.45) is 5.10 Å². The first-order valence-electron chi connectivity index (χ1n) is 5.63. The van der Waals surface area contributed by atoms with E-state index in [1.807, 2.05) is 0 Å². The van der Waals surface area contributed by atoms with Crippen LogP contribution in [0, 0.1) is 10.1 Å².